The van der Waals surface area contributed by atoms with E-state index < -0.39 is 0 Å². The zero-order valence-corrected chi connectivity index (χ0v) is 11.4. The highest BCUT2D eigenvalue weighted by Crippen LogP contribution is 2.37. The molecule has 0 radical (unpaired) electrons. The van der Waals surface area contributed by atoms with Crippen molar-refractivity contribution in [1.29, 1.82) is 0 Å². The number of nitrogens with two attached hydrogens (primary N) is 1. The van der Waals surface area contributed by atoms with Crippen LogP contribution in [0.2, 0.25) is 0 Å². The lowest BCUT2D eigenvalue weighted by Gasteiger charge is -2.18. The quantitative estimate of drug-likeness (QED) is 0.788. The molecule has 0 aliphatic heterocycles. The van der Waals surface area contributed by atoms with E-state index in [1.54, 1.807) is 12.1 Å². The third-order valence-corrected chi connectivity index (χ3v) is 3.80. The van der Waals surface area contributed by atoms with Crippen molar-refractivity contribution in [2.45, 2.75) is 46.1 Å². The Bertz CT molecular complexity index is 466. The second-order valence-corrected chi connectivity index (χ2v) is 6.15. The van der Waals surface area contributed by atoms with E-state index >= 15 is 0 Å². The lowest BCUT2D eigenvalue weighted by atomic mass is 9.92. The van der Waals surface area contributed by atoms with Gasteiger partial charge in [0, 0.05) is 17.3 Å². The van der Waals surface area contributed by atoms with Gasteiger partial charge in [0.15, 0.2) is 0 Å². The Morgan fingerprint density at radius 2 is 2.17 bits per heavy atom. The van der Waals surface area contributed by atoms with E-state index in [2.05, 4.69) is 19.2 Å². The summed E-state index contributed by atoms with van der Waals surface area (Å²) >= 11 is 0. The molecule has 3 nitrogen and oxygen atoms in total. The molecule has 3 N–H and O–H groups in total. The first kappa shape index (κ1) is 12.9. The summed E-state index contributed by atoms with van der Waals surface area (Å²) in [4.78, 5) is 12.2. The number of aryl methyl sites for hydroxylation is 1. The molecule has 1 saturated carbocycles. The van der Waals surface area contributed by atoms with Crippen LogP contribution >= 0.6 is 0 Å². The monoisotopic (exact) mass is 246 g/mol. The smallest absolute Gasteiger partial charge is 0.251 e. The molecule has 3 heteroatoms. The van der Waals surface area contributed by atoms with E-state index in [0.29, 0.717) is 17.1 Å². The van der Waals surface area contributed by atoms with E-state index in [4.69, 9.17) is 5.73 Å². The van der Waals surface area contributed by atoms with E-state index in [9.17, 15) is 4.79 Å². The second kappa shape index (κ2) is 4.63. The summed E-state index contributed by atoms with van der Waals surface area (Å²) in [6.07, 6.45) is 3.32. The zero-order valence-electron chi connectivity index (χ0n) is 11.4. The molecule has 2 rings (SSSR count). The summed E-state index contributed by atoms with van der Waals surface area (Å²) < 4.78 is 0. The van der Waals surface area contributed by atoms with Gasteiger partial charge in [-0.2, -0.15) is 0 Å². The van der Waals surface area contributed by atoms with Gasteiger partial charge in [0.25, 0.3) is 5.91 Å². The molecule has 0 aromatic heterocycles. The molecule has 0 bridgehead atoms. The molecule has 1 aliphatic rings. The van der Waals surface area contributed by atoms with E-state index in [1.165, 1.54) is 6.42 Å². The van der Waals surface area contributed by atoms with Gasteiger partial charge in [-0.25, -0.2) is 0 Å². The minimum Gasteiger partial charge on any atom is -0.399 e. The number of carbonyl (C=O) groups is 1. The van der Waals surface area contributed by atoms with Gasteiger partial charge < -0.3 is 11.1 Å². The van der Waals surface area contributed by atoms with Crippen LogP contribution in [0.5, 0.6) is 0 Å². The fraction of sp³-hybridized carbons (Fsp3) is 0.533. The molecule has 0 heterocycles. The Labute approximate surface area is 109 Å². The second-order valence-electron chi connectivity index (χ2n) is 6.15. The Kier molecular flexibility index (Phi) is 3.33. The number of rotatable bonds is 2. The van der Waals surface area contributed by atoms with Crippen molar-refractivity contribution in [3.63, 3.8) is 0 Å². The average molecular weight is 246 g/mol. The van der Waals surface area contributed by atoms with Crippen molar-refractivity contribution < 1.29 is 4.79 Å². The topological polar surface area (TPSA) is 55.1 Å². The maximum absolute atomic E-state index is 12.2. The summed E-state index contributed by atoms with van der Waals surface area (Å²) in [6.45, 7) is 6.44. The van der Waals surface area contributed by atoms with Crippen molar-refractivity contribution in [3.8, 4) is 0 Å². The number of hydrogen-bond donors (Lipinski definition) is 2. The van der Waals surface area contributed by atoms with Crippen molar-refractivity contribution in [1.82, 2.24) is 5.32 Å². The van der Waals surface area contributed by atoms with E-state index in [0.717, 1.165) is 24.0 Å². The summed E-state index contributed by atoms with van der Waals surface area (Å²) in [5.41, 5.74) is 8.42. The number of amides is 1. The highest BCUT2D eigenvalue weighted by molar-refractivity contribution is 5.96. The molecule has 1 atom stereocenters. The molecule has 98 valence electrons. The van der Waals surface area contributed by atoms with Crippen LogP contribution in [0, 0.1) is 12.3 Å². The lowest BCUT2D eigenvalue weighted by Crippen LogP contribution is -2.33. The van der Waals surface area contributed by atoms with Gasteiger partial charge in [-0.05, 0) is 55.4 Å². The molecule has 1 fully saturated rings. The SMILES string of the molecule is Cc1cc(N)ccc1C(=O)NC1CCC(C)(C)C1. The van der Waals surface area contributed by atoms with Gasteiger partial charge in [0.05, 0.1) is 0 Å². The van der Waals surface area contributed by atoms with E-state index in [1.807, 2.05) is 13.0 Å². The maximum Gasteiger partial charge on any atom is 0.251 e. The summed E-state index contributed by atoms with van der Waals surface area (Å²) in [5, 5.41) is 3.13. The Morgan fingerprint density at radius 3 is 2.72 bits per heavy atom. The minimum atomic E-state index is 0.0233. The molecule has 0 saturated heterocycles. The fourth-order valence-electron chi connectivity index (χ4n) is 2.76. The number of nitrogen functional groups attached to an aromatic ring is 1. The molecular weight excluding hydrogens is 224 g/mol. The van der Waals surface area contributed by atoms with Crippen LogP contribution in [0.1, 0.15) is 49.0 Å². The Hall–Kier alpha value is -1.51. The molecule has 18 heavy (non-hydrogen) atoms. The standard InChI is InChI=1S/C15H22N2O/c1-10-8-11(16)4-5-13(10)14(18)17-12-6-7-15(2,3)9-12/h4-5,8,12H,6-7,9,16H2,1-3H3,(H,17,18). The summed E-state index contributed by atoms with van der Waals surface area (Å²) in [6, 6.07) is 5.73. The number of nitrogens with one attached hydrogen (secondary N) is 1. The number of hydrogen-bond acceptors (Lipinski definition) is 2. The van der Waals surface area contributed by atoms with Crippen molar-refractivity contribution in [2.24, 2.45) is 5.41 Å². The normalized spacial score (nSPS) is 21.8. The molecule has 1 unspecified atom stereocenters. The highest BCUT2D eigenvalue weighted by Gasteiger charge is 2.31. The van der Waals surface area contributed by atoms with Crippen LogP contribution in [0.4, 0.5) is 5.69 Å². The van der Waals surface area contributed by atoms with Crippen molar-refractivity contribution in [2.75, 3.05) is 5.73 Å². The number of anilines is 1. The number of carbonyl (C=O) groups excluding carboxylic acids is 1. The molecule has 1 aromatic rings. The molecule has 1 aromatic carbocycles. The summed E-state index contributed by atoms with van der Waals surface area (Å²) in [7, 11) is 0. The summed E-state index contributed by atoms with van der Waals surface area (Å²) in [5.74, 6) is 0.0233. The fourth-order valence-corrected chi connectivity index (χ4v) is 2.76. The molecule has 1 amide bonds. The molecule has 0 spiro atoms. The first-order chi connectivity index (χ1) is 8.37. The van der Waals surface area contributed by atoms with Gasteiger partial charge in [0.2, 0.25) is 0 Å². The minimum absolute atomic E-state index is 0.0233. The average Bonchev–Trinajstić information content (AvgIpc) is 2.57. The third-order valence-electron chi connectivity index (χ3n) is 3.80. The molecular formula is C15H22N2O. The number of benzene rings is 1. The Balaban J connectivity index is 2.04. The van der Waals surface area contributed by atoms with Gasteiger partial charge in [-0.15, -0.1) is 0 Å². The van der Waals surface area contributed by atoms with Crippen LogP contribution < -0.4 is 11.1 Å². The van der Waals surface area contributed by atoms with Crippen LogP contribution in [-0.4, -0.2) is 11.9 Å². The van der Waals surface area contributed by atoms with Crippen LogP contribution in [0.25, 0.3) is 0 Å². The predicted molar refractivity (Wildman–Crippen MR) is 74.5 cm³/mol. The van der Waals surface area contributed by atoms with Crippen molar-refractivity contribution >= 4 is 11.6 Å². The largest absolute Gasteiger partial charge is 0.399 e. The van der Waals surface area contributed by atoms with Crippen molar-refractivity contribution in [3.05, 3.63) is 29.3 Å². The maximum atomic E-state index is 12.2. The van der Waals surface area contributed by atoms with Gasteiger partial charge >= 0.3 is 0 Å². The Morgan fingerprint density at radius 1 is 1.44 bits per heavy atom. The third kappa shape index (κ3) is 2.84. The van der Waals surface area contributed by atoms with E-state index in [-0.39, 0.29) is 5.91 Å². The van der Waals surface area contributed by atoms with Crippen LogP contribution in [0.3, 0.4) is 0 Å². The zero-order chi connectivity index (χ0) is 13.3. The lowest BCUT2D eigenvalue weighted by molar-refractivity contribution is 0.0935. The van der Waals surface area contributed by atoms with Gasteiger partial charge in [-0.3, -0.25) is 4.79 Å². The van der Waals surface area contributed by atoms with Gasteiger partial charge in [-0.1, -0.05) is 13.8 Å². The van der Waals surface area contributed by atoms with Crippen LogP contribution in [-0.2, 0) is 0 Å². The first-order valence-electron chi connectivity index (χ1n) is 6.54. The van der Waals surface area contributed by atoms with Gasteiger partial charge in [0.1, 0.15) is 0 Å². The first-order valence-corrected chi connectivity index (χ1v) is 6.54. The van der Waals surface area contributed by atoms with Crippen LogP contribution in [0.15, 0.2) is 18.2 Å². The highest BCUT2D eigenvalue weighted by atomic mass is 16.1. The molecule has 1 aliphatic carbocycles. The predicted octanol–water partition coefficient (Wildman–Crippen LogP) is 2.89.